The van der Waals surface area contributed by atoms with Gasteiger partial charge in [-0.1, -0.05) is 18.2 Å². The second-order valence-electron chi connectivity index (χ2n) is 10.3. The van der Waals surface area contributed by atoms with Gasteiger partial charge in [0.15, 0.2) is 0 Å². The van der Waals surface area contributed by atoms with Crippen LogP contribution in [0.3, 0.4) is 0 Å². The highest BCUT2D eigenvalue weighted by molar-refractivity contribution is 5.96. The SMILES string of the molecule is O=C(CNC(=O)c1cccc(C(F)(F)F)c1)N[C@H]1CN(C2CCC(O)(c3cccc(C(F)(F)F)c3)CC2)C[C@H]1O. The van der Waals surface area contributed by atoms with Crippen LogP contribution >= 0.6 is 0 Å². The minimum absolute atomic E-state index is 0.0664. The topological polar surface area (TPSA) is 102 Å². The van der Waals surface area contributed by atoms with E-state index in [1.165, 1.54) is 18.2 Å². The fraction of sp³-hybridized carbons (Fsp3) is 0.481. The molecule has 2 fully saturated rings. The van der Waals surface area contributed by atoms with Crippen LogP contribution in [-0.2, 0) is 22.7 Å². The molecule has 4 rings (SSSR count). The normalized spacial score (nSPS) is 25.9. The Morgan fingerprint density at radius 3 is 2.15 bits per heavy atom. The number of carbonyl (C=O) groups is 2. The Balaban J connectivity index is 1.27. The van der Waals surface area contributed by atoms with Crippen LogP contribution in [0.5, 0.6) is 0 Å². The van der Waals surface area contributed by atoms with Gasteiger partial charge >= 0.3 is 12.4 Å². The number of carbonyl (C=O) groups excluding carboxylic acids is 2. The maximum absolute atomic E-state index is 13.1. The van der Waals surface area contributed by atoms with Crippen LogP contribution in [0.1, 0.15) is 52.7 Å². The van der Waals surface area contributed by atoms with Crippen molar-refractivity contribution in [2.45, 2.75) is 61.8 Å². The molecule has 0 unspecified atom stereocenters. The summed E-state index contributed by atoms with van der Waals surface area (Å²) in [6.07, 6.45) is -8.68. The number of benzene rings is 2. The molecule has 218 valence electrons. The molecule has 2 aliphatic rings. The number of likely N-dealkylation sites (tertiary alicyclic amines) is 1. The molecule has 7 nitrogen and oxygen atoms in total. The van der Waals surface area contributed by atoms with Crippen LogP contribution in [0.2, 0.25) is 0 Å². The van der Waals surface area contributed by atoms with Crippen molar-refractivity contribution in [3.63, 3.8) is 0 Å². The highest BCUT2D eigenvalue weighted by atomic mass is 19.4. The van der Waals surface area contributed by atoms with Gasteiger partial charge in [-0.3, -0.25) is 14.5 Å². The fourth-order valence-corrected chi connectivity index (χ4v) is 5.33. The first-order chi connectivity index (χ1) is 18.7. The Labute approximate surface area is 226 Å². The molecule has 1 aliphatic carbocycles. The van der Waals surface area contributed by atoms with Crippen LogP contribution in [0.4, 0.5) is 26.3 Å². The Hall–Kier alpha value is -3.16. The van der Waals surface area contributed by atoms with Crippen molar-refractivity contribution in [2.75, 3.05) is 19.6 Å². The second-order valence-corrected chi connectivity index (χ2v) is 10.3. The van der Waals surface area contributed by atoms with Gasteiger partial charge in [-0.15, -0.1) is 0 Å². The Morgan fingerprint density at radius 1 is 0.925 bits per heavy atom. The van der Waals surface area contributed by atoms with E-state index in [1.807, 2.05) is 4.90 Å². The number of rotatable bonds is 6. The average Bonchev–Trinajstić information content (AvgIpc) is 3.26. The molecule has 2 atom stereocenters. The first-order valence-corrected chi connectivity index (χ1v) is 12.7. The summed E-state index contributed by atoms with van der Waals surface area (Å²) < 4.78 is 77.9. The maximum Gasteiger partial charge on any atom is 0.416 e. The zero-order valence-electron chi connectivity index (χ0n) is 21.2. The van der Waals surface area contributed by atoms with Crippen molar-refractivity contribution >= 4 is 11.8 Å². The van der Waals surface area contributed by atoms with Gasteiger partial charge in [0.25, 0.3) is 5.91 Å². The molecule has 13 heteroatoms. The van der Waals surface area contributed by atoms with E-state index in [0.717, 1.165) is 24.3 Å². The summed E-state index contributed by atoms with van der Waals surface area (Å²) in [6, 6.07) is 7.74. The van der Waals surface area contributed by atoms with Gasteiger partial charge in [-0.05, 0) is 61.6 Å². The summed E-state index contributed by atoms with van der Waals surface area (Å²) in [5.74, 6) is -1.49. The lowest BCUT2D eigenvalue weighted by Crippen LogP contribution is -2.47. The number of nitrogens with zero attached hydrogens (tertiary/aromatic N) is 1. The van der Waals surface area contributed by atoms with Crippen molar-refractivity contribution in [2.24, 2.45) is 0 Å². The average molecular weight is 574 g/mol. The van der Waals surface area contributed by atoms with E-state index in [4.69, 9.17) is 0 Å². The number of halogens is 6. The quantitative estimate of drug-likeness (QED) is 0.397. The minimum atomic E-state index is -4.62. The molecule has 0 radical (unpaired) electrons. The third-order valence-electron chi connectivity index (χ3n) is 7.55. The Kier molecular flexibility index (Phi) is 8.48. The summed E-state index contributed by atoms with van der Waals surface area (Å²) >= 11 is 0. The Bertz CT molecular complexity index is 1230. The van der Waals surface area contributed by atoms with E-state index in [1.54, 1.807) is 0 Å². The number of β-amino-alcohol motifs (C(OH)–C–C–N with tert-alkyl or cyclic N) is 1. The molecule has 1 aliphatic heterocycles. The number of nitrogens with one attached hydrogen (secondary N) is 2. The molecule has 0 bridgehead atoms. The van der Waals surface area contributed by atoms with E-state index >= 15 is 0 Å². The number of hydrogen-bond acceptors (Lipinski definition) is 5. The number of aliphatic hydroxyl groups excluding tert-OH is 1. The van der Waals surface area contributed by atoms with Crippen LogP contribution in [0.15, 0.2) is 48.5 Å². The molecule has 4 N–H and O–H groups in total. The maximum atomic E-state index is 13.1. The standard InChI is InChI=1S/C27H29F6N3O4/c28-26(29,30)18-5-1-3-16(11-18)24(39)34-13-23(38)35-21-14-36(15-22(21)37)20-7-9-25(40,10-8-20)17-4-2-6-19(12-17)27(31,32)33/h1-6,11-12,20-22,37,40H,7-10,13-15H2,(H,34,39)(H,35,38)/t20?,21-,22+,25?/m0/s1. The highest BCUT2D eigenvalue weighted by Crippen LogP contribution is 2.41. The van der Waals surface area contributed by atoms with E-state index < -0.39 is 59.6 Å². The number of aliphatic hydroxyl groups is 2. The molecule has 1 heterocycles. The molecule has 0 spiro atoms. The minimum Gasteiger partial charge on any atom is -0.390 e. The number of amides is 2. The number of alkyl halides is 6. The lowest BCUT2D eigenvalue weighted by Gasteiger charge is -2.40. The summed E-state index contributed by atoms with van der Waals surface area (Å²) in [5.41, 5.74) is -3.26. The van der Waals surface area contributed by atoms with Gasteiger partial charge in [0.1, 0.15) is 0 Å². The Morgan fingerprint density at radius 2 is 1.52 bits per heavy atom. The summed E-state index contributed by atoms with van der Waals surface area (Å²) in [4.78, 5) is 26.5. The predicted molar refractivity (Wildman–Crippen MR) is 131 cm³/mol. The first kappa shape index (κ1) is 29.8. The van der Waals surface area contributed by atoms with E-state index in [0.29, 0.717) is 18.9 Å². The van der Waals surface area contributed by atoms with Gasteiger partial charge in [0.2, 0.25) is 5.91 Å². The van der Waals surface area contributed by atoms with Crippen molar-refractivity contribution in [1.29, 1.82) is 0 Å². The summed E-state index contributed by atoms with van der Waals surface area (Å²) in [5, 5.41) is 26.4. The molecular weight excluding hydrogens is 544 g/mol. The van der Waals surface area contributed by atoms with Crippen LogP contribution < -0.4 is 10.6 Å². The van der Waals surface area contributed by atoms with Crippen LogP contribution in [-0.4, -0.2) is 64.7 Å². The lowest BCUT2D eigenvalue weighted by atomic mass is 9.77. The fourth-order valence-electron chi connectivity index (χ4n) is 5.33. The molecule has 1 saturated heterocycles. The first-order valence-electron chi connectivity index (χ1n) is 12.7. The van der Waals surface area contributed by atoms with Gasteiger partial charge in [0.05, 0.1) is 35.4 Å². The lowest BCUT2D eigenvalue weighted by molar-refractivity contribution is -0.138. The van der Waals surface area contributed by atoms with Gasteiger partial charge < -0.3 is 20.8 Å². The smallest absolute Gasteiger partial charge is 0.390 e. The molecular formula is C27H29F6N3O4. The third kappa shape index (κ3) is 6.94. The summed E-state index contributed by atoms with van der Waals surface area (Å²) in [7, 11) is 0. The largest absolute Gasteiger partial charge is 0.416 e. The molecule has 40 heavy (non-hydrogen) atoms. The zero-order chi connectivity index (χ0) is 29.3. The van der Waals surface area contributed by atoms with Crippen LogP contribution in [0.25, 0.3) is 0 Å². The molecule has 2 aromatic carbocycles. The number of hydrogen-bond donors (Lipinski definition) is 4. The monoisotopic (exact) mass is 573 g/mol. The van der Waals surface area contributed by atoms with E-state index in [2.05, 4.69) is 10.6 Å². The molecule has 0 aromatic heterocycles. The third-order valence-corrected chi connectivity index (χ3v) is 7.55. The second kappa shape index (κ2) is 11.4. The van der Waals surface area contributed by atoms with Crippen molar-refractivity contribution in [1.82, 2.24) is 15.5 Å². The van der Waals surface area contributed by atoms with Gasteiger partial charge in [-0.25, -0.2) is 0 Å². The van der Waals surface area contributed by atoms with Crippen LogP contribution in [0, 0.1) is 0 Å². The molecule has 2 aromatic rings. The zero-order valence-corrected chi connectivity index (χ0v) is 21.2. The predicted octanol–water partition coefficient (Wildman–Crippen LogP) is 3.45. The molecule has 1 saturated carbocycles. The van der Waals surface area contributed by atoms with Crippen molar-refractivity contribution < 1.29 is 46.1 Å². The van der Waals surface area contributed by atoms with E-state index in [9.17, 15) is 46.1 Å². The van der Waals surface area contributed by atoms with Crippen molar-refractivity contribution in [3.05, 3.63) is 70.8 Å². The molecule has 2 amide bonds. The van der Waals surface area contributed by atoms with Crippen molar-refractivity contribution in [3.8, 4) is 0 Å². The summed E-state index contributed by atoms with van der Waals surface area (Å²) in [6.45, 7) is 0.00107. The van der Waals surface area contributed by atoms with Gasteiger partial charge in [0, 0.05) is 24.7 Å². The van der Waals surface area contributed by atoms with Gasteiger partial charge in [-0.2, -0.15) is 26.3 Å². The highest BCUT2D eigenvalue weighted by Gasteiger charge is 2.42. The van der Waals surface area contributed by atoms with E-state index in [-0.39, 0.29) is 43.1 Å².